The molecule has 1 aromatic heterocycles. The van der Waals surface area contributed by atoms with E-state index < -0.39 is 11.5 Å². The summed E-state index contributed by atoms with van der Waals surface area (Å²) >= 11 is 0. The van der Waals surface area contributed by atoms with Gasteiger partial charge in [0.25, 0.3) is 5.92 Å². The Kier molecular flexibility index (Phi) is 1.28. The zero-order valence-corrected chi connectivity index (χ0v) is 6.30. The first kappa shape index (κ1) is 7.61. The largest absolute Gasteiger partial charge is 0.316 e. The number of hydrogen-bond donors (Lipinski definition) is 1. The fourth-order valence-corrected chi connectivity index (χ4v) is 1.27. The van der Waals surface area contributed by atoms with Gasteiger partial charge in [-0.25, -0.2) is 8.78 Å². The predicted octanol–water partition coefficient (Wildman–Crippen LogP) is 1.27. The Hall–Kier alpha value is -1.03. The van der Waals surface area contributed by atoms with E-state index in [0.717, 1.165) is 0 Å². The Morgan fingerprint density at radius 2 is 1.83 bits per heavy atom. The molecule has 0 bridgehead atoms. The summed E-state index contributed by atoms with van der Waals surface area (Å²) in [4.78, 5) is 3.73. The molecule has 1 fully saturated rings. The van der Waals surface area contributed by atoms with E-state index in [1.165, 1.54) is 24.5 Å². The fourth-order valence-electron chi connectivity index (χ4n) is 1.27. The smallest absolute Gasteiger partial charge is 0.272 e. The molecular weight excluding hydrogens is 162 g/mol. The van der Waals surface area contributed by atoms with Gasteiger partial charge in [0, 0.05) is 18.8 Å². The Balaban J connectivity index is 2.35. The molecule has 0 aromatic carbocycles. The zero-order valence-electron chi connectivity index (χ0n) is 6.30. The number of nitrogens with zero attached hydrogens (tertiary/aromatic N) is 1. The third-order valence-corrected chi connectivity index (χ3v) is 2.22. The van der Waals surface area contributed by atoms with Crippen molar-refractivity contribution in [2.45, 2.75) is 17.9 Å². The van der Waals surface area contributed by atoms with E-state index >= 15 is 0 Å². The predicted molar refractivity (Wildman–Crippen MR) is 39.7 cm³/mol. The molecular formula is C8H8F2N2. The van der Waals surface area contributed by atoms with Crippen LogP contribution < -0.4 is 5.73 Å². The van der Waals surface area contributed by atoms with Gasteiger partial charge in [0.05, 0.1) is 0 Å². The van der Waals surface area contributed by atoms with Crippen molar-refractivity contribution in [3.63, 3.8) is 0 Å². The highest BCUT2D eigenvalue weighted by atomic mass is 19.3. The van der Waals surface area contributed by atoms with E-state index in [-0.39, 0.29) is 6.42 Å². The van der Waals surface area contributed by atoms with Crippen LogP contribution in [0.4, 0.5) is 8.78 Å². The molecule has 12 heavy (non-hydrogen) atoms. The number of aromatic nitrogens is 1. The van der Waals surface area contributed by atoms with Gasteiger partial charge in [-0.05, 0) is 17.7 Å². The number of alkyl halides is 2. The minimum atomic E-state index is -2.74. The fraction of sp³-hybridized carbons (Fsp3) is 0.375. The molecule has 2 nitrogen and oxygen atoms in total. The maximum Gasteiger partial charge on any atom is 0.272 e. The van der Waals surface area contributed by atoms with Gasteiger partial charge in [-0.3, -0.25) is 4.98 Å². The van der Waals surface area contributed by atoms with E-state index in [1.54, 1.807) is 0 Å². The molecule has 1 atom stereocenters. The topological polar surface area (TPSA) is 38.9 Å². The van der Waals surface area contributed by atoms with Crippen LogP contribution in [0.1, 0.15) is 12.0 Å². The standard InChI is InChI=1S/C8H8F2N2/c9-8(10)5-7(8,11)6-1-3-12-4-2-6/h1-4H,5,11H2. The average Bonchev–Trinajstić information content (AvgIpc) is 2.55. The third kappa shape index (κ3) is 0.845. The normalized spacial score (nSPS) is 31.6. The van der Waals surface area contributed by atoms with Crippen LogP contribution in [0.3, 0.4) is 0 Å². The molecule has 0 amide bonds. The van der Waals surface area contributed by atoms with Gasteiger partial charge in [0.2, 0.25) is 0 Å². The highest BCUT2D eigenvalue weighted by Gasteiger charge is 2.69. The lowest BCUT2D eigenvalue weighted by molar-refractivity contribution is 0.0891. The maximum absolute atomic E-state index is 12.7. The van der Waals surface area contributed by atoms with Gasteiger partial charge >= 0.3 is 0 Å². The van der Waals surface area contributed by atoms with E-state index in [0.29, 0.717) is 5.56 Å². The molecule has 0 aliphatic heterocycles. The van der Waals surface area contributed by atoms with Crippen molar-refractivity contribution in [2.75, 3.05) is 0 Å². The number of pyridine rings is 1. The molecule has 0 spiro atoms. The van der Waals surface area contributed by atoms with Crippen molar-refractivity contribution in [2.24, 2.45) is 5.73 Å². The van der Waals surface area contributed by atoms with E-state index in [4.69, 9.17) is 5.73 Å². The van der Waals surface area contributed by atoms with E-state index in [2.05, 4.69) is 4.98 Å². The summed E-state index contributed by atoms with van der Waals surface area (Å²) in [5.41, 5.74) is 4.49. The lowest BCUT2D eigenvalue weighted by Gasteiger charge is -2.09. The summed E-state index contributed by atoms with van der Waals surface area (Å²) in [6, 6.07) is 3.06. The number of halogens is 2. The Bertz CT molecular complexity index is 299. The summed E-state index contributed by atoms with van der Waals surface area (Å²) in [5.74, 6) is -2.74. The van der Waals surface area contributed by atoms with Crippen molar-refractivity contribution in [1.82, 2.24) is 4.98 Å². The van der Waals surface area contributed by atoms with Crippen molar-refractivity contribution in [3.8, 4) is 0 Å². The highest BCUT2D eigenvalue weighted by Crippen LogP contribution is 2.57. The van der Waals surface area contributed by atoms with Gasteiger partial charge in [-0.15, -0.1) is 0 Å². The van der Waals surface area contributed by atoms with Crippen LogP contribution in [0.2, 0.25) is 0 Å². The van der Waals surface area contributed by atoms with E-state index in [1.807, 2.05) is 0 Å². The van der Waals surface area contributed by atoms with Gasteiger partial charge in [-0.1, -0.05) is 0 Å². The van der Waals surface area contributed by atoms with Crippen molar-refractivity contribution >= 4 is 0 Å². The second-order valence-corrected chi connectivity index (χ2v) is 3.09. The molecule has 1 aliphatic rings. The van der Waals surface area contributed by atoms with Crippen molar-refractivity contribution < 1.29 is 8.78 Å². The molecule has 1 aromatic rings. The molecule has 1 heterocycles. The van der Waals surface area contributed by atoms with Crippen molar-refractivity contribution in [1.29, 1.82) is 0 Å². The van der Waals surface area contributed by atoms with E-state index in [9.17, 15) is 8.78 Å². The summed E-state index contributed by atoms with van der Waals surface area (Å²) in [5, 5.41) is 0. The van der Waals surface area contributed by atoms with Gasteiger partial charge in [0.1, 0.15) is 5.54 Å². The van der Waals surface area contributed by atoms with Crippen LogP contribution in [0.5, 0.6) is 0 Å². The van der Waals surface area contributed by atoms with Gasteiger partial charge in [-0.2, -0.15) is 0 Å². The molecule has 1 unspecified atom stereocenters. The second kappa shape index (κ2) is 2.01. The van der Waals surface area contributed by atoms with Crippen molar-refractivity contribution in [3.05, 3.63) is 30.1 Å². The van der Waals surface area contributed by atoms with Crippen LogP contribution in [0.25, 0.3) is 0 Å². The molecule has 2 N–H and O–H groups in total. The van der Waals surface area contributed by atoms with Crippen LogP contribution in [0.15, 0.2) is 24.5 Å². The van der Waals surface area contributed by atoms with Crippen LogP contribution in [-0.2, 0) is 5.54 Å². The lowest BCUT2D eigenvalue weighted by Crippen LogP contribution is -2.26. The summed E-state index contributed by atoms with van der Waals surface area (Å²) in [6.07, 6.45) is 2.68. The minimum absolute atomic E-state index is 0.260. The Morgan fingerprint density at radius 3 is 2.25 bits per heavy atom. The summed E-state index contributed by atoms with van der Waals surface area (Å²) < 4.78 is 25.4. The van der Waals surface area contributed by atoms with Crippen LogP contribution in [0, 0.1) is 0 Å². The summed E-state index contributed by atoms with van der Waals surface area (Å²) in [6.45, 7) is 0. The molecule has 4 heteroatoms. The first-order chi connectivity index (χ1) is 5.56. The Morgan fingerprint density at radius 1 is 1.33 bits per heavy atom. The summed E-state index contributed by atoms with van der Waals surface area (Å²) in [7, 11) is 0. The third-order valence-electron chi connectivity index (χ3n) is 2.22. The molecule has 2 rings (SSSR count). The number of hydrogen-bond acceptors (Lipinski definition) is 2. The molecule has 1 aliphatic carbocycles. The number of nitrogens with two attached hydrogens (primary N) is 1. The molecule has 64 valence electrons. The molecule has 0 saturated heterocycles. The lowest BCUT2D eigenvalue weighted by atomic mass is 10.1. The second-order valence-electron chi connectivity index (χ2n) is 3.09. The van der Waals surface area contributed by atoms with Crippen LogP contribution in [-0.4, -0.2) is 10.9 Å². The molecule has 1 saturated carbocycles. The first-order valence-corrected chi connectivity index (χ1v) is 3.63. The zero-order chi connectivity index (χ0) is 8.82. The average molecular weight is 170 g/mol. The highest BCUT2D eigenvalue weighted by molar-refractivity contribution is 5.34. The Labute approximate surface area is 68.4 Å². The maximum atomic E-state index is 12.7. The first-order valence-electron chi connectivity index (χ1n) is 3.63. The minimum Gasteiger partial charge on any atom is -0.316 e. The van der Waals surface area contributed by atoms with Gasteiger partial charge < -0.3 is 5.73 Å². The number of rotatable bonds is 1. The SMILES string of the molecule is NC1(c2ccncc2)CC1(F)F. The monoisotopic (exact) mass is 170 g/mol. The molecule has 0 radical (unpaired) electrons. The van der Waals surface area contributed by atoms with Gasteiger partial charge in [0.15, 0.2) is 0 Å². The quantitative estimate of drug-likeness (QED) is 0.689. The van der Waals surface area contributed by atoms with Crippen LogP contribution >= 0.6 is 0 Å².